The van der Waals surface area contributed by atoms with Crippen molar-refractivity contribution in [2.24, 2.45) is 0 Å². The van der Waals surface area contributed by atoms with E-state index in [-0.39, 0.29) is 16.6 Å². The Kier molecular flexibility index (Phi) is 4.64. The second-order valence-corrected chi connectivity index (χ2v) is 5.16. The van der Waals surface area contributed by atoms with Crippen molar-refractivity contribution in [3.63, 3.8) is 0 Å². The molecule has 112 valence electrons. The van der Waals surface area contributed by atoms with Crippen molar-refractivity contribution in [1.29, 1.82) is 0 Å². The van der Waals surface area contributed by atoms with E-state index in [9.17, 15) is 14.9 Å². The smallest absolute Gasteiger partial charge is 0.270 e. The number of hydrogen-bond donors (Lipinski definition) is 1. The Labute approximate surface area is 121 Å². The Bertz CT molecular complexity index is 709. The van der Waals surface area contributed by atoms with E-state index in [0.717, 1.165) is 13.0 Å². The van der Waals surface area contributed by atoms with E-state index in [1.807, 2.05) is 0 Å². The molecular formula is C14H18N4O3. The number of aryl methyl sites for hydroxylation is 1. The highest BCUT2D eigenvalue weighted by Gasteiger charge is 2.10. The van der Waals surface area contributed by atoms with Gasteiger partial charge in [-0.3, -0.25) is 19.5 Å². The summed E-state index contributed by atoms with van der Waals surface area (Å²) in [7, 11) is 0. The highest BCUT2D eigenvalue weighted by atomic mass is 16.6. The van der Waals surface area contributed by atoms with Gasteiger partial charge in [0, 0.05) is 24.7 Å². The SMILES string of the molecule is CC(C)NCCCn1cnc2ccc([N+](=O)[O-])cc2c1=O. The quantitative estimate of drug-likeness (QED) is 0.496. The Morgan fingerprint density at radius 2 is 2.19 bits per heavy atom. The van der Waals surface area contributed by atoms with Crippen LogP contribution in [-0.4, -0.2) is 27.1 Å². The molecule has 0 spiro atoms. The van der Waals surface area contributed by atoms with Crippen LogP contribution in [0.2, 0.25) is 0 Å². The molecule has 0 saturated carbocycles. The van der Waals surface area contributed by atoms with Crippen LogP contribution in [0.3, 0.4) is 0 Å². The zero-order valence-electron chi connectivity index (χ0n) is 12.1. The van der Waals surface area contributed by atoms with Gasteiger partial charge in [-0.1, -0.05) is 13.8 Å². The lowest BCUT2D eigenvalue weighted by Crippen LogP contribution is -2.27. The van der Waals surface area contributed by atoms with Crippen molar-refractivity contribution in [2.45, 2.75) is 32.9 Å². The zero-order valence-corrected chi connectivity index (χ0v) is 12.1. The van der Waals surface area contributed by atoms with E-state index < -0.39 is 4.92 Å². The fourth-order valence-corrected chi connectivity index (χ4v) is 2.06. The average molecular weight is 290 g/mol. The van der Waals surface area contributed by atoms with Gasteiger partial charge in [-0.25, -0.2) is 4.98 Å². The van der Waals surface area contributed by atoms with Crippen LogP contribution < -0.4 is 10.9 Å². The van der Waals surface area contributed by atoms with E-state index in [4.69, 9.17) is 0 Å². The molecular weight excluding hydrogens is 272 g/mol. The minimum absolute atomic E-state index is 0.0966. The molecule has 0 saturated heterocycles. The Hall–Kier alpha value is -2.28. The molecule has 7 nitrogen and oxygen atoms in total. The molecule has 0 unspecified atom stereocenters. The van der Waals surface area contributed by atoms with Crippen LogP contribution in [-0.2, 0) is 6.54 Å². The van der Waals surface area contributed by atoms with E-state index in [1.165, 1.54) is 29.1 Å². The molecule has 1 aromatic carbocycles. The highest BCUT2D eigenvalue weighted by molar-refractivity contribution is 5.79. The van der Waals surface area contributed by atoms with Crippen molar-refractivity contribution in [3.05, 3.63) is 45.0 Å². The summed E-state index contributed by atoms with van der Waals surface area (Å²) in [6, 6.07) is 4.54. The van der Waals surface area contributed by atoms with Crippen molar-refractivity contribution < 1.29 is 4.92 Å². The summed E-state index contributed by atoms with van der Waals surface area (Å²) in [6.45, 7) is 5.45. The second-order valence-electron chi connectivity index (χ2n) is 5.16. The summed E-state index contributed by atoms with van der Waals surface area (Å²) in [4.78, 5) is 26.8. The van der Waals surface area contributed by atoms with Crippen molar-refractivity contribution >= 4 is 16.6 Å². The fourth-order valence-electron chi connectivity index (χ4n) is 2.06. The van der Waals surface area contributed by atoms with Gasteiger partial charge in [-0.2, -0.15) is 0 Å². The van der Waals surface area contributed by atoms with Gasteiger partial charge in [-0.05, 0) is 19.0 Å². The molecule has 7 heteroatoms. The molecule has 1 heterocycles. The number of hydrogen-bond acceptors (Lipinski definition) is 5. The van der Waals surface area contributed by atoms with Gasteiger partial charge >= 0.3 is 0 Å². The van der Waals surface area contributed by atoms with Crippen molar-refractivity contribution in [2.75, 3.05) is 6.54 Å². The lowest BCUT2D eigenvalue weighted by molar-refractivity contribution is -0.384. The maximum Gasteiger partial charge on any atom is 0.270 e. The molecule has 0 radical (unpaired) electrons. The van der Waals surface area contributed by atoms with Crippen LogP contribution in [0.15, 0.2) is 29.3 Å². The van der Waals surface area contributed by atoms with Crippen LogP contribution in [0.25, 0.3) is 10.9 Å². The maximum absolute atomic E-state index is 12.3. The Morgan fingerprint density at radius 3 is 2.86 bits per heavy atom. The van der Waals surface area contributed by atoms with Gasteiger partial charge < -0.3 is 5.32 Å². The monoisotopic (exact) mass is 290 g/mol. The molecule has 21 heavy (non-hydrogen) atoms. The molecule has 0 aliphatic heterocycles. The molecule has 0 amide bonds. The number of nitrogens with zero attached hydrogens (tertiary/aromatic N) is 3. The minimum atomic E-state index is -0.511. The maximum atomic E-state index is 12.3. The number of benzene rings is 1. The third kappa shape index (κ3) is 3.63. The number of nitro groups is 1. The average Bonchev–Trinajstić information content (AvgIpc) is 2.45. The molecule has 1 N–H and O–H groups in total. The van der Waals surface area contributed by atoms with Crippen LogP contribution in [0.1, 0.15) is 20.3 Å². The predicted molar refractivity (Wildman–Crippen MR) is 80.4 cm³/mol. The lowest BCUT2D eigenvalue weighted by Gasteiger charge is -2.09. The first-order chi connectivity index (χ1) is 9.99. The van der Waals surface area contributed by atoms with E-state index in [0.29, 0.717) is 18.1 Å². The minimum Gasteiger partial charge on any atom is -0.314 e. The number of nitro benzene ring substituents is 1. The molecule has 1 aromatic heterocycles. The van der Waals surface area contributed by atoms with Crippen LogP contribution in [0, 0.1) is 10.1 Å². The van der Waals surface area contributed by atoms with Crippen molar-refractivity contribution in [1.82, 2.24) is 14.9 Å². The lowest BCUT2D eigenvalue weighted by atomic mass is 10.2. The Morgan fingerprint density at radius 1 is 1.43 bits per heavy atom. The van der Waals surface area contributed by atoms with Crippen molar-refractivity contribution in [3.8, 4) is 0 Å². The highest BCUT2D eigenvalue weighted by Crippen LogP contribution is 2.16. The number of non-ortho nitro benzene ring substituents is 1. The summed E-state index contributed by atoms with van der Waals surface area (Å²) < 4.78 is 1.49. The van der Waals surface area contributed by atoms with Gasteiger partial charge in [-0.15, -0.1) is 0 Å². The molecule has 0 aliphatic carbocycles. The number of aromatic nitrogens is 2. The molecule has 0 fully saturated rings. The summed E-state index contributed by atoms with van der Waals surface area (Å²) in [5.74, 6) is 0. The fraction of sp³-hybridized carbons (Fsp3) is 0.429. The third-order valence-electron chi connectivity index (χ3n) is 3.15. The first-order valence-corrected chi connectivity index (χ1v) is 6.86. The normalized spacial score (nSPS) is 11.2. The van der Waals surface area contributed by atoms with E-state index in [1.54, 1.807) is 0 Å². The molecule has 0 bridgehead atoms. The standard InChI is InChI=1S/C14H18N4O3/c1-10(2)15-6-3-7-17-9-16-13-5-4-11(18(20)21)8-12(13)14(17)19/h4-5,8-10,15H,3,6-7H2,1-2H3. The number of fused-ring (bicyclic) bond motifs is 1. The van der Waals surface area contributed by atoms with Gasteiger partial charge in [0.05, 0.1) is 22.2 Å². The Balaban J connectivity index is 2.23. The van der Waals surface area contributed by atoms with Gasteiger partial charge in [0.1, 0.15) is 0 Å². The summed E-state index contributed by atoms with van der Waals surface area (Å²) in [6.07, 6.45) is 2.28. The van der Waals surface area contributed by atoms with E-state index >= 15 is 0 Å². The summed E-state index contributed by atoms with van der Waals surface area (Å²) >= 11 is 0. The molecule has 0 aliphatic rings. The first kappa shape index (κ1) is 15.1. The van der Waals surface area contributed by atoms with Gasteiger partial charge in [0.25, 0.3) is 11.2 Å². The first-order valence-electron chi connectivity index (χ1n) is 6.86. The predicted octanol–water partition coefficient (Wildman–Crippen LogP) is 1.69. The second kappa shape index (κ2) is 6.45. The topological polar surface area (TPSA) is 90.1 Å². The molecule has 2 aromatic rings. The number of rotatable bonds is 6. The molecule has 0 atom stereocenters. The van der Waals surface area contributed by atoms with Gasteiger partial charge in [0.2, 0.25) is 0 Å². The third-order valence-corrected chi connectivity index (χ3v) is 3.15. The molecule has 2 rings (SSSR count). The van der Waals surface area contributed by atoms with Crippen LogP contribution in [0.5, 0.6) is 0 Å². The zero-order chi connectivity index (χ0) is 15.4. The van der Waals surface area contributed by atoms with Crippen LogP contribution in [0.4, 0.5) is 5.69 Å². The van der Waals surface area contributed by atoms with Crippen LogP contribution >= 0.6 is 0 Å². The summed E-state index contributed by atoms with van der Waals surface area (Å²) in [5.41, 5.74) is 0.135. The number of nitrogens with one attached hydrogen (secondary N) is 1. The summed E-state index contributed by atoms with van der Waals surface area (Å²) in [5, 5.41) is 14.3. The largest absolute Gasteiger partial charge is 0.314 e. The van der Waals surface area contributed by atoms with E-state index in [2.05, 4.69) is 24.1 Å². The van der Waals surface area contributed by atoms with Gasteiger partial charge in [0.15, 0.2) is 0 Å².